The van der Waals surface area contributed by atoms with Crippen molar-refractivity contribution in [2.75, 3.05) is 14.2 Å². The van der Waals surface area contributed by atoms with Crippen LogP contribution in [-0.4, -0.2) is 42.1 Å². The summed E-state index contributed by atoms with van der Waals surface area (Å²) in [4.78, 5) is 26.4. The van der Waals surface area contributed by atoms with E-state index in [1.165, 1.54) is 19.8 Å². The van der Waals surface area contributed by atoms with Gasteiger partial charge in [-0.05, 0) is 31.2 Å². The first-order valence-electron chi connectivity index (χ1n) is 8.49. The van der Waals surface area contributed by atoms with Crippen molar-refractivity contribution in [3.05, 3.63) is 35.9 Å². The zero-order chi connectivity index (χ0) is 17.2. The molecule has 0 saturated carbocycles. The average molecular weight is 331 g/mol. The molecule has 5 heteroatoms. The summed E-state index contributed by atoms with van der Waals surface area (Å²) in [6.45, 7) is 0.745. The predicted octanol–water partition coefficient (Wildman–Crippen LogP) is 2.68. The van der Waals surface area contributed by atoms with Crippen LogP contribution in [0.3, 0.4) is 0 Å². The molecule has 0 unspecified atom stereocenters. The van der Waals surface area contributed by atoms with Crippen LogP contribution < -0.4 is 0 Å². The second-order valence-electron chi connectivity index (χ2n) is 7.03. The predicted molar refractivity (Wildman–Crippen MR) is 89.2 cm³/mol. The topological polar surface area (TPSA) is 55.8 Å². The lowest BCUT2D eigenvalue weighted by molar-refractivity contribution is -0.144. The van der Waals surface area contributed by atoms with Gasteiger partial charge in [-0.1, -0.05) is 30.3 Å². The molecule has 2 fully saturated rings. The van der Waals surface area contributed by atoms with E-state index < -0.39 is 0 Å². The highest BCUT2D eigenvalue weighted by molar-refractivity contribution is 5.73. The summed E-state index contributed by atoms with van der Waals surface area (Å²) < 4.78 is 9.87. The van der Waals surface area contributed by atoms with E-state index in [9.17, 15) is 9.59 Å². The van der Waals surface area contributed by atoms with Crippen LogP contribution in [0.2, 0.25) is 0 Å². The second kappa shape index (κ2) is 6.55. The van der Waals surface area contributed by atoms with Gasteiger partial charge in [0.1, 0.15) is 0 Å². The number of benzene rings is 1. The Morgan fingerprint density at radius 1 is 0.917 bits per heavy atom. The molecule has 1 aromatic carbocycles. The number of hydrogen-bond acceptors (Lipinski definition) is 5. The van der Waals surface area contributed by atoms with E-state index in [4.69, 9.17) is 9.47 Å². The van der Waals surface area contributed by atoms with E-state index in [0.29, 0.717) is 12.8 Å². The Morgan fingerprint density at radius 2 is 1.38 bits per heavy atom. The van der Waals surface area contributed by atoms with Gasteiger partial charge in [0.05, 0.1) is 27.1 Å². The molecule has 0 atom stereocenters. The summed E-state index contributed by atoms with van der Waals surface area (Å²) in [6.07, 6.45) is 4.47. The minimum absolute atomic E-state index is 0.177. The van der Waals surface area contributed by atoms with Crippen molar-refractivity contribution in [3.8, 4) is 0 Å². The van der Waals surface area contributed by atoms with Crippen LogP contribution >= 0.6 is 0 Å². The summed E-state index contributed by atoms with van der Waals surface area (Å²) in [7, 11) is 2.87. The second-order valence-corrected chi connectivity index (χ2v) is 7.03. The minimum atomic E-state index is -0.197. The summed E-state index contributed by atoms with van der Waals surface area (Å²) in [5.41, 5.74) is 0.804. The van der Waals surface area contributed by atoms with E-state index in [0.717, 1.165) is 32.2 Å². The average Bonchev–Trinajstić information content (AvgIpc) is 3.04. The molecular weight excluding hydrogens is 306 g/mol. The molecule has 130 valence electrons. The third-order valence-corrected chi connectivity index (χ3v) is 5.84. The highest BCUT2D eigenvalue weighted by Gasteiger charge is 2.61. The van der Waals surface area contributed by atoms with Crippen LogP contribution in [0.5, 0.6) is 0 Å². The molecule has 2 aliphatic rings. The Balaban J connectivity index is 1.90. The van der Waals surface area contributed by atoms with Crippen LogP contribution in [0.1, 0.15) is 44.1 Å². The molecule has 2 bridgehead atoms. The van der Waals surface area contributed by atoms with Crippen molar-refractivity contribution >= 4 is 11.9 Å². The number of rotatable bonds is 6. The van der Waals surface area contributed by atoms with E-state index in [-0.39, 0.29) is 23.0 Å². The smallest absolute Gasteiger partial charge is 0.307 e. The highest BCUT2D eigenvalue weighted by atomic mass is 16.5. The van der Waals surface area contributed by atoms with Crippen LogP contribution in [0.15, 0.2) is 30.3 Å². The fourth-order valence-corrected chi connectivity index (χ4v) is 4.55. The van der Waals surface area contributed by atoms with Gasteiger partial charge in [-0.25, -0.2) is 0 Å². The number of ether oxygens (including phenoxy) is 2. The van der Waals surface area contributed by atoms with Gasteiger partial charge in [0, 0.05) is 17.6 Å². The molecule has 24 heavy (non-hydrogen) atoms. The number of fused-ring (bicyclic) bond motifs is 2. The van der Waals surface area contributed by atoms with Gasteiger partial charge in [-0.3, -0.25) is 14.5 Å². The van der Waals surface area contributed by atoms with Crippen molar-refractivity contribution in [3.63, 3.8) is 0 Å². The van der Waals surface area contributed by atoms with Gasteiger partial charge in [-0.2, -0.15) is 0 Å². The molecular formula is C19H25NO4. The molecule has 0 spiro atoms. The summed E-state index contributed by atoms with van der Waals surface area (Å²) in [5, 5.41) is 0. The van der Waals surface area contributed by atoms with Crippen molar-refractivity contribution < 1.29 is 19.1 Å². The van der Waals surface area contributed by atoms with Gasteiger partial charge >= 0.3 is 11.9 Å². The number of carbonyl (C=O) groups excluding carboxylic acids is 2. The normalized spacial score (nSPS) is 28.8. The molecule has 0 amide bonds. The molecule has 0 radical (unpaired) electrons. The lowest BCUT2D eigenvalue weighted by atomic mass is 9.79. The first-order valence-corrected chi connectivity index (χ1v) is 8.49. The van der Waals surface area contributed by atoms with Crippen molar-refractivity contribution in [1.29, 1.82) is 0 Å². The fraction of sp³-hybridized carbons (Fsp3) is 0.579. The SMILES string of the molecule is COC(=O)CC12CCC(CC(=O)OC)(CC1)N2Cc1ccccc1. The molecule has 0 N–H and O–H groups in total. The molecule has 2 saturated heterocycles. The summed E-state index contributed by atoms with van der Waals surface area (Å²) >= 11 is 0. The molecule has 5 nitrogen and oxygen atoms in total. The summed E-state index contributed by atoms with van der Waals surface area (Å²) in [6, 6.07) is 10.2. The van der Waals surface area contributed by atoms with E-state index >= 15 is 0 Å². The van der Waals surface area contributed by atoms with Gasteiger partial charge in [0.15, 0.2) is 0 Å². The summed E-state index contributed by atoms with van der Waals surface area (Å²) in [5.74, 6) is -0.354. The first-order chi connectivity index (χ1) is 11.5. The van der Waals surface area contributed by atoms with Crippen molar-refractivity contribution in [2.24, 2.45) is 0 Å². The highest BCUT2D eigenvalue weighted by Crippen LogP contribution is 2.57. The van der Waals surface area contributed by atoms with E-state index in [2.05, 4.69) is 17.0 Å². The molecule has 3 rings (SSSR count). The maximum absolute atomic E-state index is 12.0. The zero-order valence-electron chi connectivity index (χ0n) is 14.4. The fourth-order valence-electron chi connectivity index (χ4n) is 4.55. The number of methoxy groups -OCH3 is 2. The standard InChI is InChI=1S/C19H25NO4/c1-23-16(21)12-18-8-10-19(11-9-18,13-17(22)24-2)20(18)14-15-6-4-3-5-7-15/h3-7H,8-14H2,1-2H3. The van der Waals surface area contributed by atoms with E-state index in [1.54, 1.807) is 0 Å². The number of nitrogens with zero attached hydrogens (tertiary/aromatic N) is 1. The molecule has 2 aliphatic heterocycles. The first kappa shape index (κ1) is 17.0. The third kappa shape index (κ3) is 2.93. The monoisotopic (exact) mass is 331 g/mol. The quantitative estimate of drug-likeness (QED) is 0.750. The maximum atomic E-state index is 12.0. The van der Waals surface area contributed by atoms with Crippen molar-refractivity contribution in [1.82, 2.24) is 4.90 Å². The maximum Gasteiger partial charge on any atom is 0.307 e. The van der Waals surface area contributed by atoms with Gasteiger partial charge in [0.25, 0.3) is 0 Å². The third-order valence-electron chi connectivity index (χ3n) is 5.84. The molecule has 2 heterocycles. The van der Waals surface area contributed by atoms with Gasteiger partial charge in [0.2, 0.25) is 0 Å². The largest absolute Gasteiger partial charge is 0.469 e. The Morgan fingerprint density at radius 3 is 1.79 bits per heavy atom. The van der Waals surface area contributed by atoms with Crippen LogP contribution in [-0.2, 0) is 25.6 Å². The van der Waals surface area contributed by atoms with Gasteiger partial charge in [-0.15, -0.1) is 0 Å². The number of carbonyl (C=O) groups is 2. The number of hydrogen-bond donors (Lipinski definition) is 0. The molecule has 0 aliphatic carbocycles. The Kier molecular flexibility index (Phi) is 4.63. The van der Waals surface area contributed by atoms with E-state index in [1.807, 2.05) is 18.2 Å². The Hall–Kier alpha value is -1.88. The Bertz CT molecular complexity index is 571. The van der Waals surface area contributed by atoms with Crippen LogP contribution in [0.25, 0.3) is 0 Å². The molecule has 0 aromatic heterocycles. The van der Waals surface area contributed by atoms with Gasteiger partial charge < -0.3 is 9.47 Å². The van der Waals surface area contributed by atoms with Crippen LogP contribution in [0.4, 0.5) is 0 Å². The number of esters is 2. The van der Waals surface area contributed by atoms with Crippen molar-refractivity contribution in [2.45, 2.75) is 56.1 Å². The zero-order valence-corrected chi connectivity index (χ0v) is 14.4. The molecule has 1 aromatic rings. The Labute approximate surface area is 142 Å². The minimum Gasteiger partial charge on any atom is -0.469 e. The lowest BCUT2D eigenvalue weighted by Crippen LogP contribution is -2.48. The van der Waals surface area contributed by atoms with Crippen LogP contribution in [0, 0.1) is 0 Å². The lowest BCUT2D eigenvalue weighted by Gasteiger charge is -2.38.